The largest absolute Gasteiger partial charge is 0.352 e. The first-order valence-electron chi connectivity index (χ1n) is 9.39. The molecule has 4 nitrogen and oxygen atoms in total. The summed E-state index contributed by atoms with van der Waals surface area (Å²) in [6.45, 7) is 9.23. The van der Waals surface area contributed by atoms with Crippen LogP contribution in [0.1, 0.15) is 58.3 Å². The van der Waals surface area contributed by atoms with Gasteiger partial charge in [-0.05, 0) is 38.5 Å². The van der Waals surface area contributed by atoms with Gasteiger partial charge in [0.05, 0.1) is 26.4 Å². The monoisotopic (exact) mass is 326 g/mol. The van der Waals surface area contributed by atoms with Crippen molar-refractivity contribution in [1.29, 1.82) is 0 Å². The third-order valence-electron chi connectivity index (χ3n) is 4.70. The second kappa shape index (κ2) is 11.2. The fraction of sp³-hybridized carbons (Fsp3) is 0.895. The van der Waals surface area contributed by atoms with Crippen LogP contribution >= 0.6 is 0 Å². The van der Waals surface area contributed by atoms with Gasteiger partial charge in [0, 0.05) is 11.8 Å². The topological polar surface area (TPSA) is 36.9 Å². The maximum atomic E-state index is 5.83. The normalized spacial score (nSPS) is 31.9. The Labute approximate surface area is 141 Å². The van der Waals surface area contributed by atoms with E-state index in [-0.39, 0.29) is 12.6 Å². The molecule has 2 fully saturated rings. The number of ether oxygens (including phenoxy) is 4. The number of rotatable bonds is 10. The predicted molar refractivity (Wildman–Crippen MR) is 91.2 cm³/mol. The molecule has 0 amide bonds. The van der Waals surface area contributed by atoms with Crippen LogP contribution in [0.25, 0.3) is 0 Å². The zero-order chi connectivity index (χ0) is 16.3. The molecule has 0 aromatic carbocycles. The Kier molecular flexibility index (Phi) is 9.20. The van der Waals surface area contributed by atoms with Crippen molar-refractivity contribution in [3.8, 4) is 0 Å². The van der Waals surface area contributed by atoms with Crippen molar-refractivity contribution in [3.05, 3.63) is 12.7 Å². The van der Waals surface area contributed by atoms with Crippen LogP contribution in [0.3, 0.4) is 0 Å². The maximum absolute atomic E-state index is 5.83. The van der Waals surface area contributed by atoms with E-state index >= 15 is 0 Å². The van der Waals surface area contributed by atoms with Gasteiger partial charge in [-0.15, -0.1) is 6.58 Å². The van der Waals surface area contributed by atoms with Gasteiger partial charge in [-0.1, -0.05) is 25.8 Å². The molecule has 0 radical (unpaired) electrons. The summed E-state index contributed by atoms with van der Waals surface area (Å²) in [5.74, 6) is 0.998. The predicted octanol–water partition coefficient (Wildman–Crippen LogP) is 4.29. The van der Waals surface area contributed by atoms with Crippen LogP contribution in [0.2, 0.25) is 0 Å². The Morgan fingerprint density at radius 2 is 1.35 bits per heavy atom. The molecule has 2 saturated heterocycles. The highest BCUT2D eigenvalue weighted by Crippen LogP contribution is 2.23. The summed E-state index contributed by atoms with van der Waals surface area (Å²) in [6, 6.07) is 0. The van der Waals surface area contributed by atoms with E-state index < -0.39 is 0 Å². The molecule has 0 unspecified atom stereocenters. The van der Waals surface area contributed by atoms with Gasteiger partial charge in [0.1, 0.15) is 0 Å². The van der Waals surface area contributed by atoms with Crippen molar-refractivity contribution in [2.24, 2.45) is 11.8 Å². The molecule has 0 aromatic rings. The molecule has 0 N–H and O–H groups in total. The lowest BCUT2D eigenvalue weighted by Gasteiger charge is -2.32. The molecule has 2 rings (SSSR count). The van der Waals surface area contributed by atoms with Crippen molar-refractivity contribution >= 4 is 0 Å². The standard InChI is InChI=1S/C19H34O4/c1-3-5-7-9-18-20-14-17(15-21-18)10-11-19-22-12-16(13-23-19)8-6-4-2/h4,16-19H,2-3,5-15H2,1H3/t16-,17-,18-,19-. The average Bonchev–Trinajstić information content (AvgIpc) is 2.60. The number of hydrogen-bond acceptors (Lipinski definition) is 4. The summed E-state index contributed by atoms with van der Waals surface area (Å²) in [5.41, 5.74) is 0. The Morgan fingerprint density at radius 3 is 1.91 bits per heavy atom. The molecule has 134 valence electrons. The zero-order valence-corrected chi connectivity index (χ0v) is 14.7. The molecule has 0 aromatic heterocycles. The summed E-state index contributed by atoms with van der Waals surface area (Å²) in [6.07, 6.45) is 10.8. The van der Waals surface area contributed by atoms with E-state index in [9.17, 15) is 0 Å². The van der Waals surface area contributed by atoms with Crippen molar-refractivity contribution in [2.45, 2.75) is 70.9 Å². The van der Waals surface area contributed by atoms with Crippen LogP contribution in [0.4, 0.5) is 0 Å². The van der Waals surface area contributed by atoms with Crippen molar-refractivity contribution < 1.29 is 18.9 Å². The smallest absolute Gasteiger partial charge is 0.157 e. The third-order valence-corrected chi connectivity index (χ3v) is 4.70. The Hall–Kier alpha value is -0.420. The first-order chi connectivity index (χ1) is 11.3. The molecular weight excluding hydrogens is 292 g/mol. The number of allylic oxidation sites excluding steroid dienone is 1. The van der Waals surface area contributed by atoms with Crippen LogP contribution in [0.5, 0.6) is 0 Å². The van der Waals surface area contributed by atoms with Gasteiger partial charge in [-0.25, -0.2) is 0 Å². The summed E-state index contributed by atoms with van der Waals surface area (Å²) in [7, 11) is 0. The van der Waals surface area contributed by atoms with E-state index in [0.717, 1.165) is 58.5 Å². The highest BCUT2D eigenvalue weighted by atomic mass is 16.7. The fourth-order valence-electron chi connectivity index (χ4n) is 3.12. The number of unbranched alkanes of at least 4 members (excludes halogenated alkanes) is 2. The lowest BCUT2D eigenvalue weighted by molar-refractivity contribution is -0.219. The molecule has 2 aliphatic rings. The Morgan fingerprint density at radius 1 is 0.783 bits per heavy atom. The SMILES string of the molecule is C=CCC[C@H]1CO[C@H](CC[C@H]2CO[C@H](CCCCC)OC2)OC1. The van der Waals surface area contributed by atoms with E-state index in [2.05, 4.69) is 13.5 Å². The molecule has 2 heterocycles. The van der Waals surface area contributed by atoms with Crippen LogP contribution < -0.4 is 0 Å². The van der Waals surface area contributed by atoms with E-state index in [1.807, 2.05) is 6.08 Å². The fourth-order valence-corrected chi connectivity index (χ4v) is 3.12. The lowest BCUT2D eigenvalue weighted by atomic mass is 10.0. The lowest BCUT2D eigenvalue weighted by Crippen LogP contribution is -2.35. The minimum Gasteiger partial charge on any atom is -0.352 e. The zero-order valence-electron chi connectivity index (χ0n) is 14.7. The van der Waals surface area contributed by atoms with Gasteiger partial charge in [0.25, 0.3) is 0 Å². The van der Waals surface area contributed by atoms with Gasteiger partial charge in [0.2, 0.25) is 0 Å². The second-order valence-corrected chi connectivity index (χ2v) is 6.86. The molecule has 0 bridgehead atoms. The van der Waals surface area contributed by atoms with Crippen molar-refractivity contribution in [1.82, 2.24) is 0 Å². The first-order valence-corrected chi connectivity index (χ1v) is 9.39. The quantitative estimate of drug-likeness (QED) is 0.443. The molecule has 2 aliphatic heterocycles. The summed E-state index contributed by atoms with van der Waals surface area (Å²) in [5, 5.41) is 0. The van der Waals surface area contributed by atoms with Gasteiger partial charge >= 0.3 is 0 Å². The van der Waals surface area contributed by atoms with E-state index in [0.29, 0.717) is 11.8 Å². The highest BCUT2D eigenvalue weighted by molar-refractivity contribution is 4.72. The molecule has 0 aliphatic carbocycles. The summed E-state index contributed by atoms with van der Waals surface area (Å²) < 4.78 is 23.3. The van der Waals surface area contributed by atoms with Gasteiger partial charge in [0.15, 0.2) is 12.6 Å². The molecule has 0 saturated carbocycles. The van der Waals surface area contributed by atoms with Crippen molar-refractivity contribution in [2.75, 3.05) is 26.4 Å². The van der Waals surface area contributed by atoms with Crippen LogP contribution in [-0.4, -0.2) is 39.0 Å². The van der Waals surface area contributed by atoms with Crippen molar-refractivity contribution in [3.63, 3.8) is 0 Å². The number of hydrogen-bond donors (Lipinski definition) is 0. The van der Waals surface area contributed by atoms with Crippen LogP contribution in [0, 0.1) is 11.8 Å². The first kappa shape index (κ1) is 18.9. The second-order valence-electron chi connectivity index (χ2n) is 6.86. The van der Waals surface area contributed by atoms with E-state index in [4.69, 9.17) is 18.9 Å². The Bertz CT molecular complexity index is 304. The molecule has 23 heavy (non-hydrogen) atoms. The molecular formula is C19H34O4. The minimum absolute atomic E-state index is 0.0191. The van der Waals surface area contributed by atoms with Gasteiger partial charge in [-0.2, -0.15) is 0 Å². The molecule has 0 atom stereocenters. The van der Waals surface area contributed by atoms with E-state index in [1.165, 1.54) is 19.3 Å². The van der Waals surface area contributed by atoms with Crippen LogP contribution in [0.15, 0.2) is 12.7 Å². The van der Waals surface area contributed by atoms with Gasteiger partial charge < -0.3 is 18.9 Å². The summed E-state index contributed by atoms with van der Waals surface area (Å²) in [4.78, 5) is 0. The van der Waals surface area contributed by atoms with E-state index in [1.54, 1.807) is 0 Å². The molecule has 4 heteroatoms. The highest BCUT2D eigenvalue weighted by Gasteiger charge is 2.25. The van der Waals surface area contributed by atoms with Crippen LogP contribution in [-0.2, 0) is 18.9 Å². The Balaban J connectivity index is 1.51. The summed E-state index contributed by atoms with van der Waals surface area (Å²) >= 11 is 0. The maximum Gasteiger partial charge on any atom is 0.157 e. The molecule has 0 spiro atoms. The average molecular weight is 326 g/mol. The third kappa shape index (κ3) is 7.34. The minimum atomic E-state index is -0.0442. The van der Waals surface area contributed by atoms with Gasteiger partial charge in [-0.3, -0.25) is 0 Å².